The van der Waals surface area contributed by atoms with Crippen LogP contribution in [0, 0.1) is 5.92 Å². The van der Waals surface area contributed by atoms with Gasteiger partial charge in [0.15, 0.2) is 11.0 Å². The summed E-state index contributed by atoms with van der Waals surface area (Å²) in [5.41, 5.74) is 4.01. The molecule has 1 aromatic heterocycles. The number of hydrogen-bond acceptors (Lipinski definition) is 4. The van der Waals surface area contributed by atoms with Gasteiger partial charge in [0.2, 0.25) is 0 Å². The third kappa shape index (κ3) is 3.41. The first-order valence-corrected chi connectivity index (χ1v) is 6.66. The lowest BCUT2D eigenvalue weighted by atomic mass is 10.1. The third-order valence-electron chi connectivity index (χ3n) is 2.70. The van der Waals surface area contributed by atoms with E-state index in [9.17, 15) is 0 Å². The van der Waals surface area contributed by atoms with Crippen molar-refractivity contribution in [3.8, 4) is 0 Å². The van der Waals surface area contributed by atoms with E-state index in [4.69, 9.17) is 11.6 Å². The van der Waals surface area contributed by atoms with Crippen LogP contribution >= 0.6 is 11.6 Å². The Morgan fingerprint density at radius 1 is 1.26 bits per heavy atom. The number of hydrogen-bond donors (Lipinski definition) is 1. The normalized spacial score (nSPS) is 12.2. The Morgan fingerprint density at radius 2 is 1.95 bits per heavy atom. The van der Waals surface area contributed by atoms with Gasteiger partial charge in [0.25, 0.3) is 0 Å². The predicted molar refractivity (Wildman–Crippen MR) is 80.7 cm³/mol. The van der Waals surface area contributed by atoms with Crippen molar-refractivity contribution < 1.29 is 0 Å². The fourth-order valence-electron chi connectivity index (χ4n) is 1.94. The molecule has 1 N–H and O–H groups in total. The van der Waals surface area contributed by atoms with Crippen molar-refractivity contribution in [2.24, 2.45) is 11.0 Å². The second-order valence-electron chi connectivity index (χ2n) is 4.94. The molecule has 0 fully saturated rings. The van der Waals surface area contributed by atoms with E-state index in [2.05, 4.69) is 34.6 Å². The molecule has 0 aliphatic rings. The molecule has 2 aromatic rings. The molecule has 1 aromatic carbocycles. The van der Waals surface area contributed by atoms with Crippen molar-refractivity contribution in [1.29, 1.82) is 0 Å². The number of anilines is 1. The summed E-state index contributed by atoms with van der Waals surface area (Å²) in [6, 6.07) is 7.73. The molecule has 2 rings (SSSR count). The van der Waals surface area contributed by atoms with Gasteiger partial charge in [0.1, 0.15) is 0 Å². The zero-order valence-corrected chi connectivity index (χ0v) is 12.1. The molecular weight excluding hydrogens is 260 g/mol. The standard InChI is InChI=1S/C14H17ClN4/c1-9(2)8-10(3)16-18-14-12-7-5-4-6-11(12)13(15)17-19-14/h4-7,9H,8H2,1-3H3,(H,18,19). The summed E-state index contributed by atoms with van der Waals surface area (Å²) in [6.07, 6.45) is 0.950. The van der Waals surface area contributed by atoms with E-state index < -0.39 is 0 Å². The smallest absolute Gasteiger partial charge is 0.176 e. The molecule has 0 saturated heterocycles. The van der Waals surface area contributed by atoms with Crippen LogP contribution in [0.4, 0.5) is 5.82 Å². The van der Waals surface area contributed by atoms with Crippen LogP contribution in [-0.2, 0) is 0 Å². The zero-order chi connectivity index (χ0) is 13.8. The van der Waals surface area contributed by atoms with E-state index in [1.807, 2.05) is 31.2 Å². The van der Waals surface area contributed by atoms with Crippen LogP contribution in [0.2, 0.25) is 5.15 Å². The summed E-state index contributed by atoms with van der Waals surface area (Å²) in [5, 5.41) is 14.5. The van der Waals surface area contributed by atoms with Gasteiger partial charge in [-0.3, -0.25) is 5.43 Å². The van der Waals surface area contributed by atoms with Crippen LogP contribution in [0.1, 0.15) is 27.2 Å². The first kappa shape index (κ1) is 13.7. The largest absolute Gasteiger partial charge is 0.259 e. The minimum atomic E-state index is 0.407. The van der Waals surface area contributed by atoms with E-state index in [0.717, 1.165) is 22.9 Å². The summed E-state index contributed by atoms with van der Waals surface area (Å²) >= 11 is 6.02. The molecule has 0 atom stereocenters. The second kappa shape index (κ2) is 5.97. The molecule has 100 valence electrons. The van der Waals surface area contributed by atoms with Crippen molar-refractivity contribution in [1.82, 2.24) is 10.2 Å². The highest BCUT2D eigenvalue weighted by Gasteiger charge is 2.06. The van der Waals surface area contributed by atoms with Gasteiger partial charge >= 0.3 is 0 Å². The van der Waals surface area contributed by atoms with Crippen molar-refractivity contribution >= 4 is 33.9 Å². The average Bonchev–Trinajstić information content (AvgIpc) is 2.37. The Bertz CT molecular complexity index is 607. The summed E-state index contributed by atoms with van der Waals surface area (Å²) < 4.78 is 0. The quantitative estimate of drug-likeness (QED) is 0.675. The number of nitrogens with zero attached hydrogens (tertiary/aromatic N) is 3. The van der Waals surface area contributed by atoms with Gasteiger partial charge in [0.05, 0.1) is 0 Å². The number of nitrogens with one attached hydrogen (secondary N) is 1. The van der Waals surface area contributed by atoms with Gasteiger partial charge in [-0.25, -0.2) is 0 Å². The van der Waals surface area contributed by atoms with E-state index in [1.165, 1.54) is 0 Å². The fraction of sp³-hybridized carbons (Fsp3) is 0.357. The minimum absolute atomic E-state index is 0.407. The molecule has 0 bridgehead atoms. The number of benzene rings is 1. The highest BCUT2D eigenvalue weighted by atomic mass is 35.5. The maximum atomic E-state index is 6.02. The van der Waals surface area contributed by atoms with Gasteiger partial charge in [0, 0.05) is 16.5 Å². The molecule has 0 saturated carbocycles. The maximum Gasteiger partial charge on any atom is 0.176 e. The Hall–Kier alpha value is -1.68. The van der Waals surface area contributed by atoms with Crippen molar-refractivity contribution in [2.75, 3.05) is 5.43 Å². The lowest BCUT2D eigenvalue weighted by Gasteiger charge is -2.07. The molecule has 1 heterocycles. The molecule has 19 heavy (non-hydrogen) atoms. The second-order valence-corrected chi connectivity index (χ2v) is 5.30. The van der Waals surface area contributed by atoms with Crippen molar-refractivity contribution in [3.05, 3.63) is 29.4 Å². The Morgan fingerprint density at radius 3 is 2.63 bits per heavy atom. The number of rotatable bonds is 4. The Labute approximate surface area is 117 Å². The van der Waals surface area contributed by atoms with Gasteiger partial charge in [-0.1, -0.05) is 49.7 Å². The third-order valence-corrected chi connectivity index (χ3v) is 2.98. The Kier molecular flexibility index (Phi) is 4.32. The molecule has 5 heteroatoms. The topological polar surface area (TPSA) is 50.2 Å². The fourth-order valence-corrected chi connectivity index (χ4v) is 2.14. The summed E-state index contributed by atoms with van der Waals surface area (Å²) in [5.74, 6) is 1.21. The molecule has 4 nitrogen and oxygen atoms in total. The van der Waals surface area contributed by atoms with Crippen LogP contribution in [0.5, 0.6) is 0 Å². The van der Waals surface area contributed by atoms with Crippen LogP contribution < -0.4 is 5.43 Å². The van der Waals surface area contributed by atoms with Gasteiger partial charge < -0.3 is 0 Å². The average molecular weight is 277 g/mol. The summed E-state index contributed by atoms with van der Waals surface area (Å²) in [7, 11) is 0. The molecule has 0 spiro atoms. The maximum absolute atomic E-state index is 6.02. The van der Waals surface area contributed by atoms with Crippen molar-refractivity contribution in [2.45, 2.75) is 27.2 Å². The SMILES string of the molecule is CC(CC(C)C)=NNc1nnc(Cl)c2ccccc12. The Balaban J connectivity index is 2.29. The van der Waals surface area contributed by atoms with Gasteiger partial charge in [-0.2, -0.15) is 5.10 Å². The molecule has 0 aliphatic heterocycles. The molecule has 0 aliphatic carbocycles. The zero-order valence-electron chi connectivity index (χ0n) is 11.3. The summed E-state index contributed by atoms with van der Waals surface area (Å²) in [4.78, 5) is 0. The number of halogens is 1. The van der Waals surface area contributed by atoms with Crippen LogP contribution in [-0.4, -0.2) is 15.9 Å². The van der Waals surface area contributed by atoms with E-state index in [-0.39, 0.29) is 0 Å². The van der Waals surface area contributed by atoms with Gasteiger partial charge in [-0.05, 0) is 19.3 Å². The minimum Gasteiger partial charge on any atom is -0.259 e. The van der Waals surface area contributed by atoms with Gasteiger partial charge in [-0.15, -0.1) is 10.2 Å². The van der Waals surface area contributed by atoms with Crippen LogP contribution in [0.25, 0.3) is 10.8 Å². The monoisotopic (exact) mass is 276 g/mol. The summed E-state index contributed by atoms with van der Waals surface area (Å²) in [6.45, 7) is 6.32. The predicted octanol–water partition coefficient (Wildman–Crippen LogP) is 4.12. The molecule has 0 unspecified atom stereocenters. The molecule has 0 amide bonds. The molecular formula is C14H17ClN4. The lowest BCUT2D eigenvalue weighted by molar-refractivity contribution is 0.681. The lowest BCUT2D eigenvalue weighted by Crippen LogP contribution is -2.03. The number of hydrazone groups is 1. The first-order chi connectivity index (χ1) is 9.08. The van der Waals surface area contributed by atoms with Crippen LogP contribution in [0.15, 0.2) is 29.4 Å². The number of aromatic nitrogens is 2. The first-order valence-electron chi connectivity index (χ1n) is 6.28. The van der Waals surface area contributed by atoms with E-state index in [0.29, 0.717) is 16.9 Å². The highest BCUT2D eigenvalue weighted by Crippen LogP contribution is 2.25. The van der Waals surface area contributed by atoms with Crippen molar-refractivity contribution in [3.63, 3.8) is 0 Å². The van der Waals surface area contributed by atoms with E-state index >= 15 is 0 Å². The number of fused-ring (bicyclic) bond motifs is 1. The molecule has 0 radical (unpaired) electrons. The highest BCUT2D eigenvalue weighted by molar-refractivity contribution is 6.34. The van der Waals surface area contributed by atoms with E-state index in [1.54, 1.807) is 0 Å². The van der Waals surface area contributed by atoms with Crippen LogP contribution in [0.3, 0.4) is 0 Å².